The zero-order valence-corrected chi connectivity index (χ0v) is 10.1. The molecule has 1 unspecified atom stereocenters. The molecule has 0 spiro atoms. The summed E-state index contributed by atoms with van der Waals surface area (Å²) < 4.78 is 0. The van der Waals surface area contributed by atoms with Crippen LogP contribution in [-0.2, 0) is 0 Å². The third-order valence-corrected chi connectivity index (χ3v) is 4.39. The van der Waals surface area contributed by atoms with Gasteiger partial charge in [0.05, 0.1) is 0 Å². The molecule has 2 aliphatic rings. The van der Waals surface area contributed by atoms with E-state index in [0.717, 1.165) is 24.4 Å². The first-order valence-corrected chi connectivity index (χ1v) is 6.73. The van der Waals surface area contributed by atoms with Gasteiger partial charge in [0.15, 0.2) is 0 Å². The maximum atomic E-state index is 5.79. The molecule has 2 nitrogen and oxygen atoms in total. The van der Waals surface area contributed by atoms with Crippen LogP contribution in [0.4, 0.5) is 0 Å². The summed E-state index contributed by atoms with van der Waals surface area (Å²) in [5, 5.41) is 0. The van der Waals surface area contributed by atoms with Crippen molar-refractivity contribution < 1.29 is 0 Å². The molecule has 0 amide bonds. The molecule has 1 saturated heterocycles. The summed E-state index contributed by atoms with van der Waals surface area (Å²) >= 11 is 0. The average molecular weight is 210 g/mol. The van der Waals surface area contributed by atoms with E-state index in [0.29, 0.717) is 0 Å². The number of rotatable bonds is 2. The fourth-order valence-corrected chi connectivity index (χ4v) is 3.23. The Morgan fingerprint density at radius 2 is 1.87 bits per heavy atom. The van der Waals surface area contributed by atoms with Gasteiger partial charge in [0.2, 0.25) is 0 Å². The lowest BCUT2D eigenvalue weighted by Gasteiger charge is -2.40. The zero-order valence-electron chi connectivity index (χ0n) is 10.1. The van der Waals surface area contributed by atoms with Gasteiger partial charge in [-0.15, -0.1) is 0 Å². The van der Waals surface area contributed by atoms with E-state index in [1.165, 1.54) is 51.6 Å². The number of nitrogens with two attached hydrogens (primary N) is 1. The van der Waals surface area contributed by atoms with E-state index >= 15 is 0 Å². The maximum Gasteiger partial charge on any atom is 0.00955 e. The minimum atomic E-state index is 0.776. The van der Waals surface area contributed by atoms with E-state index in [2.05, 4.69) is 11.8 Å². The van der Waals surface area contributed by atoms with Crippen LogP contribution in [0, 0.1) is 11.8 Å². The lowest BCUT2D eigenvalue weighted by Crippen LogP contribution is -2.45. The van der Waals surface area contributed by atoms with Crippen molar-refractivity contribution >= 4 is 0 Å². The van der Waals surface area contributed by atoms with Gasteiger partial charge in [0, 0.05) is 12.6 Å². The lowest BCUT2D eigenvalue weighted by atomic mass is 9.85. The van der Waals surface area contributed by atoms with Crippen molar-refractivity contribution in [3.63, 3.8) is 0 Å². The molecular formula is C13H26N2. The van der Waals surface area contributed by atoms with Crippen molar-refractivity contribution in [1.82, 2.24) is 4.90 Å². The Kier molecular flexibility index (Phi) is 4.04. The van der Waals surface area contributed by atoms with Gasteiger partial charge >= 0.3 is 0 Å². The number of piperidine rings is 1. The Morgan fingerprint density at radius 3 is 2.53 bits per heavy atom. The van der Waals surface area contributed by atoms with E-state index in [1.54, 1.807) is 0 Å². The SMILES string of the molecule is CC1CCC(N2CCCC(CN)C2)CC1. The Hall–Kier alpha value is -0.0800. The van der Waals surface area contributed by atoms with Gasteiger partial charge < -0.3 is 10.6 Å². The molecule has 2 rings (SSSR count). The molecule has 88 valence electrons. The summed E-state index contributed by atoms with van der Waals surface area (Å²) in [7, 11) is 0. The number of likely N-dealkylation sites (tertiary alicyclic amines) is 1. The zero-order chi connectivity index (χ0) is 10.7. The summed E-state index contributed by atoms with van der Waals surface area (Å²) in [6, 6.07) is 0.885. The number of hydrogen-bond acceptors (Lipinski definition) is 2. The summed E-state index contributed by atoms with van der Waals surface area (Å²) in [6.07, 6.45) is 8.46. The van der Waals surface area contributed by atoms with Gasteiger partial charge in [-0.3, -0.25) is 0 Å². The van der Waals surface area contributed by atoms with Crippen LogP contribution in [0.3, 0.4) is 0 Å². The van der Waals surface area contributed by atoms with E-state index < -0.39 is 0 Å². The second kappa shape index (κ2) is 5.31. The van der Waals surface area contributed by atoms with Crippen LogP contribution in [0.5, 0.6) is 0 Å². The first-order valence-electron chi connectivity index (χ1n) is 6.73. The van der Waals surface area contributed by atoms with Crippen LogP contribution in [0.1, 0.15) is 45.4 Å². The van der Waals surface area contributed by atoms with Crippen LogP contribution in [0.25, 0.3) is 0 Å². The normalized spacial score (nSPS) is 39.2. The van der Waals surface area contributed by atoms with Crippen molar-refractivity contribution in [1.29, 1.82) is 0 Å². The van der Waals surface area contributed by atoms with Crippen LogP contribution < -0.4 is 5.73 Å². The Bertz CT molecular complexity index is 185. The van der Waals surface area contributed by atoms with Crippen LogP contribution in [0.15, 0.2) is 0 Å². The molecule has 0 radical (unpaired) electrons. The first kappa shape index (κ1) is 11.4. The van der Waals surface area contributed by atoms with Gasteiger partial charge in [-0.1, -0.05) is 6.92 Å². The predicted octanol–water partition coefficient (Wildman–Crippen LogP) is 2.24. The molecule has 0 bridgehead atoms. The van der Waals surface area contributed by atoms with E-state index in [9.17, 15) is 0 Å². The third-order valence-electron chi connectivity index (χ3n) is 4.39. The highest BCUT2D eigenvalue weighted by molar-refractivity contribution is 4.82. The maximum absolute atomic E-state index is 5.79. The summed E-state index contributed by atoms with van der Waals surface area (Å²) in [4.78, 5) is 2.73. The van der Waals surface area contributed by atoms with Crippen molar-refractivity contribution in [2.45, 2.75) is 51.5 Å². The van der Waals surface area contributed by atoms with E-state index in [4.69, 9.17) is 5.73 Å². The molecule has 1 saturated carbocycles. The summed E-state index contributed by atoms with van der Waals surface area (Å²) in [6.45, 7) is 5.89. The Labute approximate surface area is 94.2 Å². The summed E-state index contributed by atoms with van der Waals surface area (Å²) in [5.41, 5.74) is 5.79. The molecule has 2 heteroatoms. The molecule has 1 aliphatic heterocycles. The smallest absolute Gasteiger partial charge is 0.00955 e. The Balaban J connectivity index is 1.82. The molecule has 15 heavy (non-hydrogen) atoms. The second-order valence-electron chi connectivity index (χ2n) is 5.65. The predicted molar refractivity (Wildman–Crippen MR) is 64.8 cm³/mol. The molecule has 0 aromatic rings. The van der Waals surface area contributed by atoms with Gasteiger partial charge in [-0.2, -0.15) is 0 Å². The number of hydrogen-bond donors (Lipinski definition) is 1. The van der Waals surface area contributed by atoms with Crippen molar-refractivity contribution in [2.75, 3.05) is 19.6 Å². The topological polar surface area (TPSA) is 29.3 Å². The molecule has 0 aromatic carbocycles. The molecule has 1 atom stereocenters. The monoisotopic (exact) mass is 210 g/mol. The van der Waals surface area contributed by atoms with Crippen molar-refractivity contribution in [3.8, 4) is 0 Å². The molecule has 0 aromatic heterocycles. The van der Waals surface area contributed by atoms with Crippen LogP contribution in [0.2, 0.25) is 0 Å². The molecule has 1 aliphatic carbocycles. The van der Waals surface area contributed by atoms with Crippen molar-refractivity contribution in [2.24, 2.45) is 17.6 Å². The highest BCUT2D eigenvalue weighted by Crippen LogP contribution is 2.29. The van der Waals surface area contributed by atoms with Gasteiger partial charge in [0.25, 0.3) is 0 Å². The van der Waals surface area contributed by atoms with Crippen LogP contribution in [-0.4, -0.2) is 30.6 Å². The molecule has 1 heterocycles. The van der Waals surface area contributed by atoms with E-state index in [1.807, 2.05) is 0 Å². The minimum Gasteiger partial charge on any atom is -0.330 e. The highest BCUT2D eigenvalue weighted by atomic mass is 15.2. The molecule has 2 N–H and O–H groups in total. The van der Waals surface area contributed by atoms with E-state index in [-0.39, 0.29) is 0 Å². The first-order chi connectivity index (χ1) is 7.29. The quantitative estimate of drug-likeness (QED) is 0.757. The van der Waals surface area contributed by atoms with Gasteiger partial charge in [0.1, 0.15) is 0 Å². The fourth-order valence-electron chi connectivity index (χ4n) is 3.23. The molecular weight excluding hydrogens is 184 g/mol. The highest BCUT2D eigenvalue weighted by Gasteiger charge is 2.27. The van der Waals surface area contributed by atoms with Crippen LogP contribution >= 0.6 is 0 Å². The lowest BCUT2D eigenvalue weighted by molar-refractivity contribution is 0.0913. The van der Waals surface area contributed by atoms with Gasteiger partial charge in [-0.25, -0.2) is 0 Å². The van der Waals surface area contributed by atoms with Gasteiger partial charge in [-0.05, 0) is 63.5 Å². The fraction of sp³-hybridized carbons (Fsp3) is 1.00. The standard InChI is InChI=1S/C13H26N2/c1-11-4-6-13(7-5-11)15-8-2-3-12(9-14)10-15/h11-13H,2-10,14H2,1H3. The summed E-state index contributed by atoms with van der Waals surface area (Å²) in [5.74, 6) is 1.74. The Morgan fingerprint density at radius 1 is 1.13 bits per heavy atom. The molecule has 2 fully saturated rings. The average Bonchev–Trinajstić information content (AvgIpc) is 2.30. The number of nitrogens with zero attached hydrogens (tertiary/aromatic N) is 1. The second-order valence-corrected chi connectivity index (χ2v) is 5.65. The van der Waals surface area contributed by atoms with Crippen molar-refractivity contribution in [3.05, 3.63) is 0 Å². The largest absolute Gasteiger partial charge is 0.330 e. The third kappa shape index (κ3) is 2.94. The minimum absolute atomic E-state index is 0.776.